The van der Waals surface area contributed by atoms with Gasteiger partial charge in [0.05, 0.1) is 13.2 Å². The molecule has 0 saturated carbocycles. The summed E-state index contributed by atoms with van der Waals surface area (Å²) >= 11 is 0. The monoisotopic (exact) mass is 558 g/mol. The molecule has 0 aromatic heterocycles. The summed E-state index contributed by atoms with van der Waals surface area (Å²) in [6.45, 7) is 4.44. The molecule has 0 spiro atoms. The van der Waals surface area contributed by atoms with Crippen molar-refractivity contribution in [2.24, 2.45) is 0 Å². The fraction of sp³-hybridized carbons (Fsp3) is 0.167. The summed E-state index contributed by atoms with van der Waals surface area (Å²) in [5.41, 5.74) is 1.98. The van der Waals surface area contributed by atoms with Crippen molar-refractivity contribution in [2.45, 2.75) is 26.7 Å². The smallest absolute Gasteiger partial charge is 0.434 e. The zero-order chi connectivity index (χ0) is 29.1. The molecule has 42 heavy (non-hydrogen) atoms. The number of rotatable bonds is 7. The molecular weight excluding hydrogens is 528 g/mol. The third kappa shape index (κ3) is 4.85. The van der Waals surface area contributed by atoms with E-state index in [2.05, 4.69) is 0 Å². The first-order chi connectivity index (χ1) is 20.6. The van der Waals surface area contributed by atoms with Gasteiger partial charge in [0.25, 0.3) is 0 Å². The zero-order valence-corrected chi connectivity index (χ0v) is 23.5. The minimum absolute atomic E-state index is 0.283. The van der Waals surface area contributed by atoms with Gasteiger partial charge in [-0.3, -0.25) is 0 Å². The van der Waals surface area contributed by atoms with Gasteiger partial charge in [0.15, 0.2) is 0 Å². The van der Waals surface area contributed by atoms with Crippen molar-refractivity contribution in [1.82, 2.24) is 0 Å². The van der Waals surface area contributed by atoms with E-state index >= 15 is 0 Å². The van der Waals surface area contributed by atoms with Crippen LogP contribution in [0.3, 0.4) is 0 Å². The van der Waals surface area contributed by atoms with Gasteiger partial charge in [0.1, 0.15) is 11.5 Å². The molecule has 6 rings (SSSR count). The Bertz CT molecular complexity index is 1700. The SMILES string of the molecule is CCCOC(=O)Oc1c2ccccc2c(-c2c3ccccc3c(OC(=O)OCCC)c3ccccc23)c2ccccc12. The molecule has 0 aliphatic carbocycles. The molecule has 6 heteroatoms. The Morgan fingerprint density at radius 1 is 0.452 bits per heavy atom. The maximum atomic E-state index is 12.7. The Morgan fingerprint density at radius 2 is 0.714 bits per heavy atom. The maximum Gasteiger partial charge on any atom is 0.513 e. The van der Waals surface area contributed by atoms with Crippen molar-refractivity contribution in [3.63, 3.8) is 0 Å². The van der Waals surface area contributed by atoms with Gasteiger partial charge in [-0.2, -0.15) is 0 Å². The largest absolute Gasteiger partial charge is 0.513 e. The van der Waals surface area contributed by atoms with Crippen molar-refractivity contribution >= 4 is 55.4 Å². The maximum absolute atomic E-state index is 12.7. The Balaban J connectivity index is 1.69. The van der Waals surface area contributed by atoms with Crippen LogP contribution in [0.5, 0.6) is 11.5 Å². The molecule has 0 unspecified atom stereocenters. The minimum Gasteiger partial charge on any atom is -0.434 e. The van der Waals surface area contributed by atoms with Gasteiger partial charge in [-0.25, -0.2) is 9.59 Å². The molecule has 0 heterocycles. The van der Waals surface area contributed by atoms with E-state index in [9.17, 15) is 9.59 Å². The third-order valence-corrected chi connectivity index (χ3v) is 7.23. The topological polar surface area (TPSA) is 71.1 Å². The van der Waals surface area contributed by atoms with Crippen LogP contribution >= 0.6 is 0 Å². The Labute approximate surface area is 243 Å². The van der Waals surface area contributed by atoms with E-state index in [4.69, 9.17) is 18.9 Å². The van der Waals surface area contributed by atoms with Crippen molar-refractivity contribution in [2.75, 3.05) is 13.2 Å². The van der Waals surface area contributed by atoms with Crippen LogP contribution in [0.1, 0.15) is 26.7 Å². The van der Waals surface area contributed by atoms with Gasteiger partial charge in [-0.1, -0.05) is 111 Å². The first-order valence-electron chi connectivity index (χ1n) is 14.2. The standard InChI is InChI=1S/C36H30O6/c1-3-21-39-35(37)41-33-27-17-9-5-13-23(27)31(24-14-6-10-18-28(24)33)32-25-15-7-11-19-29(25)34(42-36(38)40-22-4-2)30-20-12-8-16-26(30)32/h5-20H,3-4,21-22H2,1-2H3. The number of hydrogen-bond donors (Lipinski definition) is 0. The van der Waals surface area contributed by atoms with Crippen LogP contribution in [-0.4, -0.2) is 25.5 Å². The molecule has 0 radical (unpaired) electrons. The van der Waals surface area contributed by atoms with Crippen molar-refractivity contribution in [1.29, 1.82) is 0 Å². The fourth-order valence-electron chi connectivity index (χ4n) is 5.53. The van der Waals surface area contributed by atoms with E-state index in [-0.39, 0.29) is 13.2 Å². The summed E-state index contributed by atoms with van der Waals surface area (Å²) in [7, 11) is 0. The molecule has 0 aliphatic rings. The van der Waals surface area contributed by atoms with Gasteiger partial charge < -0.3 is 18.9 Å². The second kappa shape index (κ2) is 11.8. The second-order valence-electron chi connectivity index (χ2n) is 9.99. The lowest BCUT2D eigenvalue weighted by molar-refractivity contribution is 0.0991. The molecule has 0 N–H and O–H groups in total. The van der Waals surface area contributed by atoms with E-state index < -0.39 is 12.3 Å². The van der Waals surface area contributed by atoms with Crippen molar-refractivity contribution < 1.29 is 28.5 Å². The quantitative estimate of drug-likeness (QED) is 0.110. The molecule has 0 aliphatic heterocycles. The van der Waals surface area contributed by atoms with Crippen molar-refractivity contribution in [3.05, 3.63) is 97.1 Å². The van der Waals surface area contributed by atoms with Crippen LogP contribution in [-0.2, 0) is 9.47 Å². The summed E-state index contributed by atoms with van der Waals surface area (Å²) < 4.78 is 22.3. The third-order valence-electron chi connectivity index (χ3n) is 7.23. The average Bonchev–Trinajstić information content (AvgIpc) is 3.03. The predicted molar refractivity (Wildman–Crippen MR) is 166 cm³/mol. The van der Waals surface area contributed by atoms with Crippen LogP contribution in [0.2, 0.25) is 0 Å². The van der Waals surface area contributed by atoms with Gasteiger partial charge in [-0.05, 0) is 45.5 Å². The number of carbonyl (C=O) groups is 2. The molecule has 210 valence electrons. The van der Waals surface area contributed by atoms with Crippen LogP contribution in [0.4, 0.5) is 9.59 Å². The molecular formula is C36H30O6. The van der Waals surface area contributed by atoms with Gasteiger partial charge in [0, 0.05) is 21.5 Å². The van der Waals surface area contributed by atoms with Crippen LogP contribution in [0, 0.1) is 0 Å². The molecule has 6 aromatic carbocycles. The van der Waals surface area contributed by atoms with E-state index in [0.29, 0.717) is 24.3 Å². The van der Waals surface area contributed by atoms with Crippen molar-refractivity contribution in [3.8, 4) is 22.6 Å². The Hall–Kier alpha value is -5.10. The van der Waals surface area contributed by atoms with E-state index in [0.717, 1.165) is 54.2 Å². The normalized spacial score (nSPS) is 11.2. The fourth-order valence-corrected chi connectivity index (χ4v) is 5.53. The molecule has 0 amide bonds. The van der Waals surface area contributed by atoms with E-state index in [1.54, 1.807) is 0 Å². The van der Waals surface area contributed by atoms with Crippen LogP contribution < -0.4 is 9.47 Å². The first-order valence-corrected chi connectivity index (χ1v) is 14.2. The van der Waals surface area contributed by atoms with Crippen LogP contribution in [0.25, 0.3) is 54.2 Å². The summed E-state index contributed by atoms with van der Waals surface area (Å²) in [4.78, 5) is 25.3. The molecule has 0 atom stereocenters. The van der Waals surface area contributed by atoms with E-state index in [1.165, 1.54) is 0 Å². The zero-order valence-electron chi connectivity index (χ0n) is 23.5. The lowest BCUT2D eigenvalue weighted by Gasteiger charge is -2.21. The summed E-state index contributed by atoms with van der Waals surface area (Å²) in [6.07, 6.45) is -0.0585. The number of hydrogen-bond acceptors (Lipinski definition) is 6. The lowest BCUT2D eigenvalue weighted by Crippen LogP contribution is -2.12. The first kappa shape index (κ1) is 27.1. The molecule has 6 nitrogen and oxygen atoms in total. The Kier molecular flexibility index (Phi) is 7.60. The minimum atomic E-state index is -0.729. The summed E-state index contributed by atoms with van der Waals surface area (Å²) in [6, 6.07) is 31.6. The molecule has 0 saturated heterocycles. The highest BCUT2D eigenvalue weighted by molar-refractivity contribution is 6.26. The lowest BCUT2D eigenvalue weighted by atomic mass is 9.85. The number of fused-ring (bicyclic) bond motifs is 4. The molecule has 0 fully saturated rings. The second-order valence-corrected chi connectivity index (χ2v) is 9.99. The summed E-state index contributed by atoms with van der Waals surface area (Å²) in [5, 5.41) is 6.82. The predicted octanol–water partition coefficient (Wildman–Crippen LogP) is 9.82. The van der Waals surface area contributed by atoms with E-state index in [1.807, 2.05) is 111 Å². The number of benzene rings is 6. The highest BCUT2D eigenvalue weighted by Crippen LogP contribution is 2.49. The summed E-state index contributed by atoms with van der Waals surface area (Å²) in [5.74, 6) is 0.913. The highest BCUT2D eigenvalue weighted by Gasteiger charge is 2.24. The molecule has 0 bridgehead atoms. The average molecular weight is 559 g/mol. The van der Waals surface area contributed by atoms with Gasteiger partial charge in [0.2, 0.25) is 0 Å². The molecule has 6 aromatic rings. The number of carbonyl (C=O) groups excluding carboxylic acids is 2. The Morgan fingerprint density at radius 3 is 0.976 bits per heavy atom. The van der Waals surface area contributed by atoms with Gasteiger partial charge >= 0.3 is 12.3 Å². The number of ether oxygens (including phenoxy) is 4. The highest BCUT2D eigenvalue weighted by atomic mass is 16.7. The van der Waals surface area contributed by atoms with Crippen LogP contribution in [0.15, 0.2) is 97.1 Å². The van der Waals surface area contributed by atoms with Gasteiger partial charge in [-0.15, -0.1) is 0 Å².